The molecule has 11 heteroatoms. The summed E-state index contributed by atoms with van der Waals surface area (Å²) < 4.78 is 50.6. The minimum absolute atomic E-state index is 0.00441. The monoisotopic (exact) mass is 544 g/mol. The van der Waals surface area contributed by atoms with Gasteiger partial charge in [0.2, 0.25) is 5.91 Å². The highest BCUT2D eigenvalue weighted by molar-refractivity contribution is 5.97. The first-order valence-corrected chi connectivity index (χ1v) is 13.5. The van der Waals surface area contributed by atoms with Crippen LogP contribution < -0.4 is 15.0 Å². The van der Waals surface area contributed by atoms with Gasteiger partial charge in [0.25, 0.3) is 5.91 Å². The fourth-order valence-corrected chi connectivity index (χ4v) is 5.81. The largest absolute Gasteiger partial charge is 0.451 e. The van der Waals surface area contributed by atoms with Gasteiger partial charge in [0.05, 0.1) is 20.5 Å². The summed E-state index contributed by atoms with van der Waals surface area (Å²) in [7, 11) is 0. The smallest absolute Gasteiger partial charge is 0.257 e. The lowest BCUT2D eigenvalue weighted by molar-refractivity contribution is -0.135. The number of nitrogens with one attached hydrogen (secondary N) is 1. The van der Waals surface area contributed by atoms with Crippen LogP contribution in [0.3, 0.4) is 0 Å². The Morgan fingerprint density at radius 2 is 2.03 bits per heavy atom. The quantitative estimate of drug-likeness (QED) is 0.571. The topological polar surface area (TPSA) is 90.9 Å². The normalized spacial score (nSPS) is 22.9. The van der Waals surface area contributed by atoms with Crippen molar-refractivity contribution in [2.75, 3.05) is 44.2 Å². The van der Waals surface area contributed by atoms with Crippen LogP contribution in [0.1, 0.15) is 53.1 Å². The number of aromatic nitrogens is 2. The Labute approximate surface area is 230 Å². The summed E-state index contributed by atoms with van der Waals surface area (Å²) in [6, 6.07) is -0.859. The Bertz CT molecular complexity index is 1320. The lowest BCUT2D eigenvalue weighted by Crippen LogP contribution is -2.62. The van der Waals surface area contributed by atoms with Crippen LogP contribution in [-0.2, 0) is 4.79 Å². The maximum absolute atomic E-state index is 14.5. The Hall–Kier alpha value is -3.34. The number of likely N-dealkylation sites (tertiary alicyclic amines) is 1. The second-order valence-electron chi connectivity index (χ2n) is 11.0. The summed E-state index contributed by atoms with van der Waals surface area (Å²) in [5, 5.41) is 2.97. The van der Waals surface area contributed by atoms with Crippen molar-refractivity contribution < 1.29 is 25.8 Å². The van der Waals surface area contributed by atoms with Gasteiger partial charge < -0.3 is 24.8 Å². The number of nitrogens with zero attached hydrogens (tertiary/aromatic N) is 5. The van der Waals surface area contributed by atoms with Crippen molar-refractivity contribution in [2.45, 2.75) is 58.3 Å². The van der Waals surface area contributed by atoms with Crippen LogP contribution in [-0.4, -0.2) is 89.1 Å². The molecule has 2 atom stereocenters. The molecule has 9 nitrogen and oxygen atoms in total. The van der Waals surface area contributed by atoms with E-state index in [0.29, 0.717) is 38.5 Å². The lowest BCUT2D eigenvalue weighted by Gasteiger charge is -2.54. The maximum Gasteiger partial charge on any atom is 0.257 e. The van der Waals surface area contributed by atoms with E-state index in [4.69, 9.17) is 7.48 Å². The molecule has 1 aromatic carbocycles. The number of benzene rings is 1. The number of carbonyl (C=O) groups excluding carboxylic acids is 2. The molecule has 3 aliphatic rings. The Kier molecular flexibility index (Phi) is 6.98. The molecule has 210 valence electrons. The first-order chi connectivity index (χ1) is 19.5. The van der Waals surface area contributed by atoms with E-state index in [2.05, 4.69) is 15.3 Å². The highest BCUT2D eigenvalue weighted by Gasteiger charge is 2.47. The SMILES string of the molecule is [2H]c1c(F)cc(C(=O)N(CC)C(C)C)c(Oc2cncnc2N2CC3(CCN(C(=O)[C@@H]4C[C@@H](F)CN4)CC3)C2)c1[2H]. The summed E-state index contributed by atoms with van der Waals surface area (Å²) >= 11 is 0. The zero-order chi connectivity index (χ0) is 29.5. The molecule has 3 fully saturated rings. The van der Waals surface area contributed by atoms with Crippen molar-refractivity contribution in [3.63, 3.8) is 0 Å². The molecule has 3 saturated heterocycles. The van der Waals surface area contributed by atoms with E-state index in [-0.39, 0.29) is 47.4 Å². The highest BCUT2D eigenvalue weighted by atomic mass is 19.1. The molecule has 2 amide bonds. The Morgan fingerprint density at radius 1 is 1.28 bits per heavy atom. The number of piperidine rings is 1. The highest BCUT2D eigenvalue weighted by Crippen LogP contribution is 2.45. The lowest BCUT2D eigenvalue weighted by atomic mass is 9.72. The van der Waals surface area contributed by atoms with Gasteiger partial charge in [0, 0.05) is 57.1 Å². The molecule has 0 bridgehead atoms. The molecular weight excluding hydrogens is 506 g/mol. The number of ether oxygens (including phenoxy) is 1. The molecule has 0 saturated carbocycles. The van der Waals surface area contributed by atoms with E-state index in [9.17, 15) is 18.4 Å². The molecule has 1 aromatic heterocycles. The first kappa shape index (κ1) is 24.7. The summed E-state index contributed by atoms with van der Waals surface area (Å²) in [5.41, 5.74) is -0.142. The van der Waals surface area contributed by atoms with Crippen LogP contribution in [0.2, 0.25) is 0 Å². The van der Waals surface area contributed by atoms with Crippen LogP contribution in [0.15, 0.2) is 30.7 Å². The zero-order valence-electron chi connectivity index (χ0n) is 24.5. The summed E-state index contributed by atoms with van der Waals surface area (Å²) in [6.07, 6.45) is 3.67. The van der Waals surface area contributed by atoms with Crippen LogP contribution >= 0.6 is 0 Å². The third-order valence-electron chi connectivity index (χ3n) is 8.00. The van der Waals surface area contributed by atoms with Gasteiger partial charge in [0.1, 0.15) is 24.1 Å². The number of hydrogen-bond acceptors (Lipinski definition) is 7. The average Bonchev–Trinajstić information content (AvgIpc) is 3.38. The van der Waals surface area contributed by atoms with E-state index in [1.807, 2.05) is 30.6 Å². The van der Waals surface area contributed by atoms with Gasteiger partial charge in [-0.05, 0) is 51.8 Å². The number of alkyl halides is 1. The van der Waals surface area contributed by atoms with Gasteiger partial charge in [-0.25, -0.2) is 18.7 Å². The van der Waals surface area contributed by atoms with Crippen molar-refractivity contribution in [3.8, 4) is 11.5 Å². The molecule has 3 aliphatic heterocycles. The van der Waals surface area contributed by atoms with Crippen LogP contribution in [0.25, 0.3) is 0 Å². The summed E-state index contributed by atoms with van der Waals surface area (Å²) in [6.45, 7) is 8.63. The second kappa shape index (κ2) is 11.0. The standard InChI is InChI=1S/C28H36F2N6O3/c1-4-36(18(2)3)26(37)21-11-19(29)5-6-23(21)39-24-14-31-17-33-25(24)35-15-28(16-35)7-9-34(10-8-28)27(38)22-12-20(30)13-32-22/h5-6,11,14,17-18,20,22,32H,4,7-10,12-13,15-16H2,1-3H3/t20-,22+/m1/s1/i5D,6D. The number of amides is 2. The molecule has 0 aliphatic carbocycles. The van der Waals surface area contributed by atoms with Gasteiger partial charge in [-0.3, -0.25) is 9.59 Å². The average molecular weight is 545 g/mol. The fraction of sp³-hybridized carbons (Fsp3) is 0.571. The predicted octanol–water partition coefficient (Wildman–Crippen LogP) is 3.41. The van der Waals surface area contributed by atoms with Crippen molar-refractivity contribution >= 4 is 17.6 Å². The number of halogens is 2. The minimum Gasteiger partial charge on any atom is -0.451 e. The third-order valence-corrected chi connectivity index (χ3v) is 8.00. The summed E-state index contributed by atoms with van der Waals surface area (Å²) in [4.78, 5) is 40.0. The molecular formula is C28H36F2N6O3. The molecule has 0 unspecified atom stereocenters. The Morgan fingerprint density at radius 3 is 2.67 bits per heavy atom. The van der Waals surface area contributed by atoms with E-state index in [0.717, 1.165) is 18.9 Å². The van der Waals surface area contributed by atoms with Gasteiger partial charge in [-0.15, -0.1) is 0 Å². The van der Waals surface area contributed by atoms with Gasteiger partial charge in [-0.2, -0.15) is 0 Å². The third kappa shape index (κ3) is 5.54. The fourth-order valence-electron chi connectivity index (χ4n) is 5.81. The van der Waals surface area contributed by atoms with Crippen LogP contribution in [0, 0.1) is 11.2 Å². The molecule has 39 heavy (non-hydrogen) atoms. The van der Waals surface area contributed by atoms with Crippen molar-refractivity contribution in [3.05, 3.63) is 42.1 Å². The minimum atomic E-state index is -0.978. The number of anilines is 1. The van der Waals surface area contributed by atoms with Crippen molar-refractivity contribution in [1.82, 2.24) is 25.1 Å². The molecule has 4 heterocycles. The predicted molar refractivity (Wildman–Crippen MR) is 142 cm³/mol. The van der Waals surface area contributed by atoms with E-state index >= 15 is 0 Å². The van der Waals surface area contributed by atoms with Crippen LogP contribution in [0.4, 0.5) is 14.6 Å². The van der Waals surface area contributed by atoms with Crippen LogP contribution in [0.5, 0.6) is 11.5 Å². The van der Waals surface area contributed by atoms with Gasteiger partial charge >= 0.3 is 0 Å². The zero-order valence-corrected chi connectivity index (χ0v) is 22.5. The number of rotatable bonds is 7. The molecule has 5 rings (SSSR count). The first-order valence-electron chi connectivity index (χ1n) is 14.5. The van der Waals surface area contributed by atoms with E-state index in [1.54, 1.807) is 0 Å². The maximum atomic E-state index is 14.5. The second-order valence-corrected chi connectivity index (χ2v) is 11.0. The number of hydrogen-bond donors (Lipinski definition) is 1. The van der Waals surface area contributed by atoms with Gasteiger partial charge in [-0.1, -0.05) is 0 Å². The molecule has 0 radical (unpaired) electrons. The number of carbonyl (C=O) groups is 2. The molecule has 1 spiro atoms. The van der Waals surface area contributed by atoms with Crippen molar-refractivity contribution in [1.29, 1.82) is 0 Å². The molecule has 2 aromatic rings. The van der Waals surface area contributed by atoms with Gasteiger partial charge in [0.15, 0.2) is 11.6 Å². The van der Waals surface area contributed by atoms with Crippen molar-refractivity contribution in [2.24, 2.45) is 5.41 Å². The molecule has 1 N–H and O–H groups in total. The summed E-state index contributed by atoms with van der Waals surface area (Å²) in [5.74, 6) is -1.05. The van der Waals surface area contributed by atoms with E-state index in [1.165, 1.54) is 17.4 Å². The Balaban J connectivity index is 1.31. The van der Waals surface area contributed by atoms with E-state index < -0.39 is 36.0 Å².